The quantitative estimate of drug-likeness (QED) is 0.411. The molecular formula is C29H30N4O4S. The summed E-state index contributed by atoms with van der Waals surface area (Å²) in [6, 6.07) is 18.5. The highest BCUT2D eigenvalue weighted by Gasteiger charge is 2.27. The molecule has 8 nitrogen and oxygen atoms in total. The largest absolute Gasteiger partial charge is 0.491 e. The Morgan fingerprint density at radius 1 is 0.921 bits per heavy atom. The molecule has 0 spiro atoms. The van der Waals surface area contributed by atoms with E-state index >= 15 is 0 Å². The number of rotatable bonds is 4. The minimum atomic E-state index is -3.54. The van der Waals surface area contributed by atoms with E-state index in [1.807, 2.05) is 31.2 Å². The Bertz CT molecular complexity index is 1610. The van der Waals surface area contributed by atoms with E-state index in [0.29, 0.717) is 38.3 Å². The number of aromatic amines is 1. The van der Waals surface area contributed by atoms with E-state index in [4.69, 9.17) is 4.74 Å². The van der Waals surface area contributed by atoms with Crippen molar-refractivity contribution in [3.63, 3.8) is 0 Å². The molecule has 0 aliphatic carbocycles. The molecule has 0 bridgehead atoms. The molecule has 2 aliphatic heterocycles. The van der Waals surface area contributed by atoms with Gasteiger partial charge in [-0.15, -0.1) is 0 Å². The number of aromatic nitrogens is 2. The fourth-order valence-electron chi connectivity index (χ4n) is 5.27. The van der Waals surface area contributed by atoms with Gasteiger partial charge in [-0.1, -0.05) is 18.6 Å². The maximum Gasteiger partial charge on any atom is 0.254 e. The molecule has 0 saturated carbocycles. The minimum absolute atomic E-state index is 0.150. The monoisotopic (exact) mass is 530 g/mol. The van der Waals surface area contributed by atoms with E-state index in [1.165, 1.54) is 0 Å². The molecule has 0 radical (unpaired) electrons. The summed E-state index contributed by atoms with van der Waals surface area (Å²) in [7, 11) is -3.54. The number of ether oxygens (including phenoxy) is 1. The summed E-state index contributed by atoms with van der Waals surface area (Å²) in [6.07, 6.45) is 2.82. The second-order valence-corrected chi connectivity index (χ2v) is 11.9. The van der Waals surface area contributed by atoms with E-state index in [0.717, 1.165) is 58.6 Å². The van der Waals surface area contributed by atoms with Gasteiger partial charge in [-0.05, 0) is 79.4 Å². The molecule has 1 saturated heterocycles. The lowest BCUT2D eigenvalue weighted by molar-refractivity contribution is 0.0733. The highest BCUT2D eigenvalue weighted by atomic mass is 32.2. The van der Waals surface area contributed by atoms with Gasteiger partial charge in [-0.3, -0.25) is 4.79 Å². The number of aryl methyl sites for hydroxylation is 1. The van der Waals surface area contributed by atoms with Gasteiger partial charge >= 0.3 is 0 Å². The van der Waals surface area contributed by atoms with Gasteiger partial charge in [0, 0.05) is 30.8 Å². The maximum atomic E-state index is 13.4. The van der Waals surface area contributed by atoms with Crippen molar-refractivity contribution in [2.45, 2.75) is 37.6 Å². The average molecular weight is 531 g/mol. The Balaban J connectivity index is 1.22. The lowest BCUT2D eigenvalue weighted by Gasteiger charge is -2.26. The van der Waals surface area contributed by atoms with Crippen LogP contribution in [0.1, 0.15) is 41.0 Å². The molecule has 0 unspecified atom stereocenters. The molecule has 9 heteroatoms. The van der Waals surface area contributed by atoms with Crippen LogP contribution in [-0.2, 0) is 16.6 Å². The molecular weight excluding hydrogens is 500 g/mol. The SMILES string of the molecule is Cc1nc2ccc(-c3ccc4c(c3)CN(C(=O)c3ccc(S(=O)(=O)N5CCCCC5)cc3)CCO4)cc2[nH]1. The second kappa shape index (κ2) is 9.89. The van der Waals surface area contributed by atoms with E-state index in [-0.39, 0.29) is 10.8 Å². The Hall–Kier alpha value is -3.69. The summed E-state index contributed by atoms with van der Waals surface area (Å²) in [5, 5.41) is 0. The number of piperidine rings is 1. The highest BCUT2D eigenvalue weighted by Crippen LogP contribution is 2.31. The van der Waals surface area contributed by atoms with Crippen LogP contribution in [0.15, 0.2) is 65.6 Å². The molecule has 3 aromatic carbocycles. The summed E-state index contributed by atoms with van der Waals surface area (Å²) in [5.74, 6) is 1.49. The zero-order valence-corrected chi connectivity index (χ0v) is 22.1. The van der Waals surface area contributed by atoms with Crippen molar-refractivity contribution in [3.8, 4) is 16.9 Å². The first-order chi connectivity index (χ1) is 18.4. The molecule has 1 amide bonds. The molecule has 196 valence electrons. The number of sulfonamides is 1. The first-order valence-corrected chi connectivity index (χ1v) is 14.4. The second-order valence-electron chi connectivity index (χ2n) is 9.94. The number of amides is 1. The van der Waals surface area contributed by atoms with Crippen LogP contribution in [0, 0.1) is 6.92 Å². The van der Waals surface area contributed by atoms with Crippen LogP contribution < -0.4 is 4.74 Å². The van der Waals surface area contributed by atoms with Gasteiger partial charge in [0.25, 0.3) is 5.91 Å². The third kappa shape index (κ3) is 4.68. The third-order valence-corrected chi connectivity index (χ3v) is 9.23. The van der Waals surface area contributed by atoms with Crippen molar-refractivity contribution in [2.24, 2.45) is 0 Å². The molecule has 1 fully saturated rings. The van der Waals surface area contributed by atoms with Gasteiger partial charge in [0.2, 0.25) is 10.0 Å². The fourth-order valence-corrected chi connectivity index (χ4v) is 6.79. The normalized spacial score (nSPS) is 16.6. The molecule has 6 rings (SSSR count). The zero-order valence-electron chi connectivity index (χ0n) is 21.3. The standard InChI is InChI=1S/C29H30N4O4S/c1-20-30-26-11-7-23(18-27(26)31-20)22-8-12-28-24(17-22)19-32(15-16-37-28)29(34)21-5-9-25(10-6-21)38(35,36)33-13-3-2-4-14-33/h5-12,17-18H,2-4,13-16,19H2,1H3,(H,30,31). The summed E-state index contributed by atoms with van der Waals surface area (Å²) < 4.78 is 33.5. The maximum absolute atomic E-state index is 13.4. The van der Waals surface area contributed by atoms with Crippen LogP contribution in [0.25, 0.3) is 22.2 Å². The van der Waals surface area contributed by atoms with Crippen molar-refractivity contribution >= 4 is 27.0 Å². The highest BCUT2D eigenvalue weighted by molar-refractivity contribution is 7.89. The molecule has 0 atom stereocenters. The third-order valence-electron chi connectivity index (χ3n) is 7.32. The summed E-state index contributed by atoms with van der Waals surface area (Å²) >= 11 is 0. The molecule has 3 heterocycles. The molecule has 4 aromatic rings. The number of hydrogen-bond donors (Lipinski definition) is 1. The van der Waals surface area contributed by atoms with E-state index in [2.05, 4.69) is 22.1 Å². The van der Waals surface area contributed by atoms with Gasteiger partial charge in [-0.25, -0.2) is 13.4 Å². The van der Waals surface area contributed by atoms with Gasteiger partial charge in [0.05, 0.1) is 22.5 Å². The summed E-state index contributed by atoms with van der Waals surface area (Å²) in [5.41, 5.74) is 5.38. The van der Waals surface area contributed by atoms with Crippen molar-refractivity contribution in [3.05, 3.63) is 77.6 Å². The van der Waals surface area contributed by atoms with Crippen molar-refractivity contribution in [2.75, 3.05) is 26.2 Å². The number of carbonyl (C=O) groups is 1. The Morgan fingerprint density at radius 2 is 1.66 bits per heavy atom. The van der Waals surface area contributed by atoms with Gasteiger partial charge < -0.3 is 14.6 Å². The van der Waals surface area contributed by atoms with Gasteiger partial charge in [0.15, 0.2) is 0 Å². The number of nitrogens with one attached hydrogen (secondary N) is 1. The van der Waals surface area contributed by atoms with Gasteiger partial charge in [0.1, 0.15) is 18.2 Å². The Morgan fingerprint density at radius 3 is 2.45 bits per heavy atom. The van der Waals surface area contributed by atoms with E-state index < -0.39 is 10.0 Å². The first kappa shape index (κ1) is 24.6. The van der Waals surface area contributed by atoms with E-state index in [9.17, 15) is 13.2 Å². The molecule has 38 heavy (non-hydrogen) atoms. The van der Waals surface area contributed by atoms with Crippen LogP contribution in [0.4, 0.5) is 0 Å². The molecule has 2 aliphatic rings. The number of benzene rings is 3. The minimum Gasteiger partial charge on any atom is -0.491 e. The van der Waals surface area contributed by atoms with E-state index in [1.54, 1.807) is 33.5 Å². The summed E-state index contributed by atoms with van der Waals surface area (Å²) in [6.45, 7) is 4.27. The van der Waals surface area contributed by atoms with Crippen molar-refractivity contribution < 1.29 is 17.9 Å². The molecule has 1 N–H and O–H groups in total. The van der Waals surface area contributed by atoms with Crippen LogP contribution >= 0.6 is 0 Å². The predicted octanol–water partition coefficient (Wildman–Crippen LogP) is 4.75. The smallest absolute Gasteiger partial charge is 0.254 e. The number of carbonyl (C=O) groups excluding carboxylic acids is 1. The number of nitrogens with zero attached hydrogens (tertiary/aromatic N) is 3. The van der Waals surface area contributed by atoms with Crippen LogP contribution in [0.5, 0.6) is 5.75 Å². The molecule has 1 aromatic heterocycles. The Labute approximate surface area is 222 Å². The topological polar surface area (TPSA) is 95.6 Å². The number of hydrogen-bond acceptors (Lipinski definition) is 5. The lowest BCUT2D eigenvalue weighted by atomic mass is 10.0. The first-order valence-electron chi connectivity index (χ1n) is 13.0. The zero-order chi connectivity index (χ0) is 26.3. The average Bonchev–Trinajstić information content (AvgIpc) is 3.18. The van der Waals surface area contributed by atoms with Crippen LogP contribution in [0.3, 0.4) is 0 Å². The van der Waals surface area contributed by atoms with Crippen LogP contribution in [0.2, 0.25) is 0 Å². The lowest BCUT2D eigenvalue weighted by Crippen LogP contribution is -2.35. The fraction of sp³-hybridized carbons (Fsp3) is 0.310. The number of H-pyrrole nitrogens is 1. The van der Waals surface area contributed by atoms with Crippen molar-refractivity contribution in [1.29, 1.82) is 0 Å². The van der Waals surface area contributed by atoms with Crippen molar-refractivity contribution in [1.82, 2.24) is 19.2 Å². The van der Waals surface area contributed by atoms with Gasteiger partial charge in [-0.2, -0.15) is 4.31 Å². The summed E-state index contributed by atoms with van der Waals surface area (Å²) in [4.78, 5) is 23.2. The predicted molar refractivity (Wildman–Crippen MR) is 146 cm³/mol. The number of imidazole rings is 1. The number of fused-ring (bicyclic) bond motifs is 2. The Kier molecular flexibility index (Phi) is 6.41. The van der Waals surface area contributed by atoms with Crippen LogP contribution in [-0.4, -0.2) is 59.7 Å².